The molecule has 0 bridgehead atoms. The van der Waals surface area contributed by atoms with Crippen LogP contribution in [0.5, 0.6) is 5.75 Å². The summed E-state index contributed by atoms with van der Waals surface area (Å²) in [5.74, 6) is 0.212. The van der Waals surface area contributed by atoms with E-state index in [0.717, 1.165) is 11.3 Å². The highest BCUT2D eigenvalue weighted by Crippen LogP contribution is 2.23. The molecule has 1 N–H and O–H groups in total. The Bertz CT molecular complexity index is 987. The lowest BCUT2D eigenvalue weighted by molar-refractivity contribution is 0.0934. The molecule has 1 atom stereocenters. The summed E-state index contributed by atoms with van der Waals surface area (Å²) in [6.45, 7) is 0.418. The molecular weight excluding hydrogens is 403 g/mol. The van der Waals surface area contributed by atoms with E-state index in [-0.39, 0.29) is 17.8 Å². The molecule has 30 heavy (non-hydrogen) atoms. The largest absolute Gasteiger partial charge is 0.497 e. The lowest BCUT2D eigenvalue weighted by Crippen LogP contribution is -2.35. The molecule has 0 saturated carbocycles. The molecule has 158 valence electrons. The van der Waals surface area contributed by atoms with Gasteiger partial charge >= 0.3 is 0 Å². The van der Waals surface area contributed by atoms with Gasteiger partial charge in [-0.1, -0.05) is 23.9 Å². The van der Waals surface area contributed by atoms with Crippen molar-refractivity contribution >= 4 is 17.7 Å². The van der Waals surface area contributed by atoms with Crippen LogP contribution in [0.3, 0.4) is 0 Å². The molecule has 0 aliphatic carbocycles. The molecule has 0 aliphatic heterocycles. The van der Waals surface area contributed by atoms with Gasteiger partial charge in [-0.2, -0.15) is 0 Å². The van der Waals surface area contributed by atoms with Gasteiger partial charge in [0.2, 0.25) is 0 Å². The number of imidazole rings is 1. The fourth-order valence-electron chi connectivity index (χ4n) is 3.18. The average molecular weight is 429 g/mol. The van der Waals surface area contributed by atoms with Gasteiger partial charge in [-0.25, -0.2) is 9.37 Å². The number of halogens is 1. The van der Waals surface area contributed by atoms with Gasteiger partial charge in [0.05, 0.1) is 19.3 Å². The number of hydrogen-bond donors (Lipinski definition) is 1. The van der Waals surface area contributed by atoms with E-state index in [1.807, 2.05) is 49.5 Å². The molecule has 0 radical (unpaired) electrons. The average Bonchev–Trinajstić information content (AvgIpc) is 3.18. The molecule has 1 heterocycles. The second-order valence-electron chi connectivity index (χ2n) is 6.90. The minimum absolute atomic E-state index is 0.0120. The maximum absolute atomic E-state index is 13.3. The maximum Gasteiger partial charge on any atom is 0.270 e. The summed E-state index contributed by atoms with van der Waals surface area (Å²) in [5, 5.41) is 3.67. The lowest BCUT2D eigenvalue weighted by atomic mass is 10.1. The Morgan fingerprint density at radius 1 is 1.20 bits per heavy atom. The first-order valence-corrected chi connectivity index (χ1v) is 10.6. The van der Waals surface area contributed by atoms with Gasteiger partial charge in [0.1, 0.15) is 17.3 Å². The quantitative estimate of drug-likeness (QED) is 0.554. The molecule has 2 aromatic carbocycles. The molecular formula is C22H25FN4O2S. The van der Waals surface area contributed by atoms with Crippen LogP contribution in [-0.4, -0.2) is 54.4 Å². The third-order valence-electron chi connectivity index (χ3n) is 4.81. The lowest BCUT2D eigenvalue weighted by Gasteiger charge is -2.25. The van der Waals surface area contributed by atoms with Crippen LogP contribution in [0, 0.1) is 5.82 Å². The summed E-state index contributed by atoms with van der Waals surface area (Å²) in [6, 6.07) is 13.8. The predicted octanol–water partition coefficient (Wildman–Crippen LogP) is 3.77. The van der Waals surface area contributed by atoms with Crippen LogP contribution >= 0.6 is 11.8 Å². The molecule has 8 heteroatoms. The van der Waals surface area contributed by atoms with Crippen LogP contribution in [0.2, 0.25) is 0 Å². The van der Waals surface area contributed by atoms with Crippen molar-refractivity contribution in [2.45, 2.75) is 11.2 Å². The Morgan fingerprint density at radius 3 is 2.43 bits per heavy atom. The number of aromatic nitrogens is 2. The van der Waals surface area contributed by atoms with E-state index in [4.69, 9.17) is 4.74 Å². The van der Waals surface area contributed by atoms with Crippen LogP contribution < -0.4 is 10.1 Å². The molecule has 0 aliphatic rings. The fraction of sp³-hybridized carbons (Fsp3) is 0.273. The minimum Gasteiger partial charge on any atom is -0.497 e. The maximum atomic E-state index is 13.3. The van der Waals surface area contributed by atoms with E-state index in [0.29, 0.717) is 23.1 Å². The summed E-state index contributed by atoms with van der Waals surface area (Å²) in [5.41, 5.74) is 2.15. The van der Waals surface area contributed by atoms with Crippen molar-refractivity contribution in [1.82, 2.24) is 19.8 Å². The van der Waals surface area contributed by atoms with E-state index in [2.05, 4.69) is 10.3 Å². The highest BCUT2D eigenvalue weighted by atomic mass is 32.2. The van der Waals surface area contributed by atoms with Gasteiger partial charge < -0.3 is 15.0 Å². The normalized spacial score (nSPS) is 12.1. The van der Waals surface area contributed by atoms with Crippen molar-refractivity contribution < 1.29 is 13.9 Å². The molecule has 3 aromatic rings. The van der Waals surface area contributed by atoms with Gasteiger partial charge in [0, 0.05) is 12.2 Å². The molecule has 0 spiro atoms. The molecule has 1 amide bonds. The second kappa shape index (κ2) is 9.77. The van der Waals surface area contributed by atoms with Crippen molar-refractivity contribution in [3.05, 3.63) is 71.8 Å². The number of nitrogens with one attached hydrogen (secondary N) is 1. The van der Waals surface area contributed by atoms with Crippen molar-refractivity contribution in [3.63, 3.8) is 0 Å². The predicted molar refractivity (Wildman–Crippen MR) is 117 cm³/mol. The smallest absolute Gasteiger partial charge is 0.270 e. The summed E-state index contributed by atoms with van der Waals surface area (Å²) in [6.07, 6.45) is 3.43. The van der Waals surface area contributed by atoms with Crippen molar-refractivity contribution in [3.8, 4) is 11.4 Å². The van der Waals surface area contributed by atoms with Crippen molar-refractivity contribution in [1.29, 1.82) is 0 Å². The summed E-state index contributed by atoms with van der Waals surface area (Å²) in [4.78, 5) is 19.4. The van der Waals surface area contributed by atoms with Crippen molar-refractivity contribution in [2.75, 3.05) is 34.0 Å². The van der Waals surface area contributed by atoms with Gasteiger partial charge in [-0.05, 0) is 62.3 Å². The molecule has 0 fully saturated rings. The number of ether oxygens (including phenoxy) is 1. The monoisotopic (exact) mass is 428 g/mol. The van der Waals surface area contributed by atoms with Crippen LogP contribution in [0.25, 0.3) is 5.69 Å². The minimum atomic E-state index is -0.330. The number of hydrogen-bond acceptors (Lipinski definition) is 5. The highest BCUT2D eigenvalue weighted by Gasteiger charge is 2.20. The third kappa shape index (κ3) is 4.83. The van der Waals surface area contributed by atoms with Crippen LogP contribution in [-0.2, 0) is 0 Å². The number of nitrogens with zero attached hydrogens (tertiary/aromatic N) is 3. The molecule has 3 rings (SSSR count). The SMILES string of the molecule is COc1ccc(C(CNC(=O)c2cnc(SC)n2-c2ccc(F)cc2)N(C)C)cc1. The first-order valence-electron chi connectivity index (χ1n) is 9.40. The number of methoxy groups -OCH3 is 1. The summed E-state index contributed by atoms with van der Waals surface area (Å²) < 4.78 is 20.3. The van der Waals surface area contributed by atoms with Crippen LogP contribution in [0.4, 0.5) is 4.39 Å². The standard InChI is InChI=1S/C22H25FN4O2S/c1-26(2)19(15-5-11-18(29-3)12-6-15)13-24-21(28)20-14-25-22(30-4)27(20)17-9-7-16(23)8-10-17/h5-12,14,19H,13H2,1-4H3,(H,24,28). The number of thioether (sulfide) groups is 1. The fourth-order valence-corrected chi connectivity index (χ4v) is 3.73. The number of amides is 1. The molecule has 0 saturated heterocycles. The Hall–Kier alpha value is -2.84. The second-order valence-corrected chi connectivity index (χ2v) is 7.68. The molecule has 1 unspecified atom stereocenters. The van der Waals surface area contributed by atoms with Crippen molar-refractivity contribution in [2.24, 2.45) is 0 Å². The van der Waals surface area contributed by atoms with E-state index >= 15 is 0 Å². The Balaban J connectivity index is 1.81. The summed E-state index contributed by atoms with van der Waals surface area (Å²) >= 11 is 1.42. The van der Waals surface area contributed by atoms with E-state index in [9.17, 15) is 9.18 Å². The van der Waals surface area contributed by atoms with Gasteiger partial charge in [0.15, 0.2) is 5.16 Å². The first-order chi connectivity index (χ1) is 14.4. The highest BCUT2D eigenvalue weighted by molar-refractivity contribution is 7.98. The Morgan fingerprint density at radius 2 is 1.87 bits per heavy atom. The van der Waals surface area contributed by atoms with Crippen LogP contribution in [0.15, 0.2) is 59.9 Å². The molecule has 6 nitrogen and oxygen atoms in total. The zero-order valence-electron chi connectivity index (χ0n) is 17.4. The van der Waals surface area contributed by atoms with Crippen LogP contribution in [0.1, 0.15) is 22.1 Å². The number of carbonyl (C=O) groups is 1. The number of benzene rings is 2. The zero-order chi connectivity index (χ0) is 21.7. The van der Waals surface area contributed by atoms with Gasteiger partial charge in [-0.3, -0.25) is 9.36 Å². The third-order valence-corrected chi connectivity index (χ3v) is 5.46. The van der Waals surface area contributed by atoms with E-state index < -0.39 is 0 Å². The Labute approximate surface area is 180 Å². The first kappa shape index (κ1) is 21.9. The number of rotatable bonds is 8. The Kier molecular flexibility index (Phi) is 7.12. The summed E-state index contributed by atoms with van der Waals surface area (Å²) in [7, 11) is 5.57. The zero-order valence-corrected chi connectivity index (χ0v) is 18.2. The topological polar surface area (TPSA) is 59.4 Å². The number of likely N-dealkylation sites (N-methyl/N-ethyl adjacent to an activating group) is 1. The van der Waals surface area contributed by atoms with Gasteiger partial charge in [0.25, 0.3) is 5.91 Å². The van der Waals surface area contributed by atoms with E-state index in [1.54, 1.807) is 30.0 Å². The number of carbonyl (C=O) groups excluding carboxylic acids is 1. The molecule has 1 aromatic heterocycles. The van der Waals surface area contributed by atoms with Gasteiger partial charge in [-0.15, -0.1) is 0 Å². The van der Waals surface area contributed by atoms with E-state index in [1.165, 1.54) is 23.9 Å².